The van der Waals surface area contributed by atoms with Crippen LogP contribution in [0.4, 0.5) is 0 Å². The monoisotopic (exact) mass is 352 g/mol. The molecule has 1 aromatic rings. The molecule has 1 fully saturated rings. The van der Waals surface area contributed by atoms with Crippen molar-refractivity contribution < 1.29 is 9.59 Å². The van der Waals surface area contributed by atoms with E-state index in [0.717, 1.165) is 25.9 Å². The average Bonchev–Trinajstić information content (AvgIpc) is 3.01. The van der Waals surface area contributed by atoms with Crippen LogP contribution in [-0.2, 0) is 11.2 Å². The standard InChI is InChI=1S/C19H28N2O2.ClH/c1-14(2)11-15-3-5-17(6-4-15)18(22)7-8-19(23)21-10-9-16(12-20)13-21;/h3-6,14,16H,7-13,20H2,1-2H3;1H. The molecular formula is C19H29ClN2O2. The number of ketones is 1. The molecule has 1 atom stereocenters. The fourth-order valence-electron chi connectivity index (χ4n) is 3.07. The largest absolute Gasteiger partial charge is 0.342 e. The zero-order valence-electron chi connectivity index (χ0n) is 14.7. The van der Waals surface area contributed by atoms with Gasteiger partial charge in [-0.15, -0.1) is 12.4 Å². The van der Waals surface area contributed by atoms with E-state index >= 15 is 0 Å². The second-order valence-corrected chi connectivity index (χ2v) is 6.95. The molecule has 0 bridgehead atoms. The summed E-state index contributed by atoms with van der Waals surface area (Å²) in [5.41, 5.74) is 7.59. The van der Waals surface area contributed by atoms with E-state index in [1.807, 2.05) is 29.2 Å². The van der Waals surface area contributed by atoms with Crippen LogP contribution in [0.5, 0.6) is 0 Å². The predicted molar refractivity (Wildman–Crippen MR) is 99.5 cm³/mol. The zero-order valence-corrected chi connectivity index (χ0v) is 15.5. The van der Waals surface area contributed by atoms with Crippen molar-refractivity contribution in [2.45, 2.75) is 39.5 Å². The number of Topliss-reactive ketones (excluding diaryl/α,β-unsaturated/α-hetero) is 1. The summed E-state index contributed by atoms with van der Waals surface area (Å²) >= 11 is 0. The summed E-state index contributed by atoms with van der Waals surface area (Å²) in [6.07, 6.45) is 2.58. The lowest BCUT2D eigenvalue weighted by Gasteiger charge is -2.16. The van der Waals surface area contributed by atoms with E-state index in [0.29, 0.717) is 30.4 Å². The molecule has 1 aliphatic heterocycles. The number of rotatable bonds is 7. The van der Waals surface area contributed by atoms with Gasteiger partial charge in [0.1, 0.15) is 0 Å². The Morgan fingerprint density at radius 3 is 2.42 bits per heavy atom. The van der Waals surface area contributed by atoms with Gasteiger partial charge in [-0.25, -0.2) is 0 Å². The molecule has 4 nitrogen and oxygen atoms in total. The first-order valence-corrected chi connectivity index (χ1v) is 8.59. The van der Waals surface area contributed by atoms with Gasteiger partial charge in [0.05, 0.1) is 0 Å². The van der Waals surface area contributed by atoms with E-state index in [4.69, 9.17) is 5.73 Å². The van der Waals surface area contributed by atoms with E-state index < -0.39 is 0 Å². The molecule has 24 heavy (non-hydrogen) atoms. The maximum atomic E-state index is 12.2. The fraction of sp³-hybridized carbons (Fsp3) is 0.579. The van der Waals surface area contributed by atoms with Gasteiger partial charge in [-0.1, -0.05) is 38.1 Å². The fourth-order valence-corrected chi connectivity index (χ4v) is 3.07. The molecule has 134 valence electrons. The van der Waals surface area contributed by atoms with E-state index in [2.05, 4.69) is 13.8 Å². The summed E-state index contributed by atoms with van der Waals surface area (Å²) in [4.78, 5) is 26.2. The highest BCUT2D eigenvalue weighted by atomic mass is 35.5. The third kappa shape index (κ3) is 5.91. The number of amides is 1. The predicted octanol–water partition coefficient (Wildman–Crippen LogP) is 3.08. The van der Waals surface area contributed by atoms with Crippen LogP contribution in [0, 0.1) is 11.8 Å². The van der Waals surface area contributed by atoms with Gasteiger partial charge in [0.25, 0.3) is 0 Å². The Hall–Kier alpha value is -1.39. The first-order valence-electron chi connectivity index (χ1n) is 8.59. The topological polar surface area (TPSA) is 63.4 Å². The highest BCUT2D eigenvalue weighted by molar-refractivity contribution is 5.98. The molecule has 1 heterocycles. The van der Waals surface area contributed by atoms with Crippen molar-refractivity contribution in [3.05, 3.63) is 35.4 Å². The minimum Gasteiger partial charge on any atom is -0.342 e. The van der Waals surface area contributed by atoms with Gasteiger partial charge < -0.3 is 10.6 Å². The van der Waals surface area contributed by atoms with E-state index in [9.17, 15) is 9.59 Å². The molecule has 0 saturated carbocycles. The van der Waals surface area contributed by atoms with Gasteiger partial charge in [-0.3, -0.25) is 9.59 Å². The van der Waals surface area contributed by atoms with Gasteiger partial charge in [-0.05, 0) is 36.8 Å². The SMILES string of the molecule is CC(C)Cc1ccc(C(=O)CCC(=O)N2CCC(CN)C2)cc1.Cl. The number of hydrogen-bond donors (Lipinski definition) is 1. The average molecular weight is 353 g/mol. The van der Waals surface area contributed by atoms with Crippen LogP contribution in [0.1, 0.15) is 49.0 Å². The molecule has 1 unspecified atom stereocenters. The number of nitrogens with zero attached hydrogens (tertiary/aromatic N) is 1. The third-order valence-electron chi connectivity index (χ3n) is 4.46. The van der Waals surface area contributed by atoms with Crippen molar-refractivity contribution in [2.75, 3.05) is 19.6 Å². The van der Waals surface area contributed by atoms with Gasteiger partial charge in [0.15, 0.2) is 5.78 Å². The Morgan fingerprint density at radius 2 is 1.88 bits per heavy atom. The number of carbonyl (C=O) groups is 2. The van der Waals surface area contributed by atoms with Crippen molar-refractivity contribution in [1.82, 2.24) is 4.90 Å². The molecule has 0 aliphatic carbocycles. The first kappa shape index (κ1) is 20.7. The first-order chi connectivity index (χ1) is 11.0. The highest BCUT2D eigenvalue weighted by Gasteiger charge is 2.25. The number of benzene rings is 1. The summed E-state index contributed by atoms with van der Waals surface area (Å²) in [5.74, 6) is 1.14. The maximum absolute atomic E-state index is 12.2. The molecule has 1 aromatic carbocycles. The van der Waals surface area contributed by atoms with Crippen LogP contribution in [0.25, 0.3) is 0 Å². The van der Waals surface area contributed by atoms with Crippen LogP contribution in [0.3, 0.4) is 0 Å². The lowest BCUT2D eigenvalue weighted by Crippen LogP contribution is -2.30. The number of halogens is 1. The molecule has 5 heteroatoms. The van der Waals surface area contributed by atoms with Gasteiger partial charge in [0.2, 0.25) is 5.91 Å². The van der Waals surface area contributed by atoms with E-state index in [-0.39, 0.29) is 30.5 Å². The van der Waals surface area contributed by atoms with Gasteiger partial charge in [-0.2, -0.15) is 0 Å². The third-order valence-corrected chi connectivity index (χ3v) is 4.46. The van der Waals surface area contributed by atoms with Crippen LogP contribution >= 0.6 is 12.4 Å². The van der Waals surface area contributed by atoms with Gasteiger partial charge in [0, 0.05) is 31.5 Å². The Balaban J connectivity index is 0.00000288. The van der Waals surface area contributed by atoms with Crippen LogP contribution in [-0.4, -0.2) is 36.2 Å². The molecular weight excluding hydrogens is 324 g/mol. The lowest BCUT2D eigenvalue weighted by atomic mass is 9.99. The number of likely N-dealkylation sites (tertiary alicyclic amines) is 1. The molecule has 0 spiro atoms. The Morgan fingerprint density at radius 1 is 1.21 bits per heavy atom. The van der Waals surface area contributed by atoms with E-state index in [1.54, 1.807) is 0 Å². The van der Waals surface area contributed by atoms with Crippen LogP contribution < -0.4 is 5.73 Å². The minimum atomic E-state index is 0. The molecule has 0 radical (unpaired) electrons. The smallest absolute Gasteiger partial charge is 0.223 e. The molecule has 1 amide bonds. The quantitative estimate of drug-likeness (QED) is 0.767. The second kappa shape index (κ2) is 9.80. The van der Waals surface area contributed by atoms with Crippen LogP contribution in [0.2, 0.25) is 0 Å². The summed E-state index contributed by atoms with van der Waals surface area (Å²) < 4.78 is 0. The minimum absolute atomic E-state index is 0. The van der Waals surface area contributed by atoms with Crippen molar-refractivity contribution in [2.24, 2.45) is 17.6 Å². The van der Waals surface area contributed by atoms with E-state index in [1.165, 1.54) is 5.56 Å². The maximum Gasteiger partial charge on any atom is 0.223 e. The Kier molecular flexibility index (Phi) is 8.43. The Bertz CT molecular complexity index is 543. The molecule has 1 aliphatic rings. The van der Waals surface area contributed by atoms with Crippen LogP contribution in [0.15, 0.2) is 24.3 Å². The normalized spacial score (nSPS) is 17.0. The number of nitrogens with two attached hydrogens (primary N) is 1. The summed E-state index contributed by atoms with van der Waals surface area (Å²) in [6, 6.07) is 7.79. The lowest BCUT2D eigenvalue weighted by molar-refractivity contribution is -0.130. The second-order valence-electron chi connectivity index (χ2n) is 6.95. The van der Waals surface area contributed by atoms with Crippen molar-refractivity contribution in [1.29, 1.82) is 0 Å². The summed E-state index contributed by atoms with van der Waals surface area (Å²) in [5, 5.41) is 0. The molecule has 0 aromatic heterocycles. The number of hydrogen-bond acceptors (Lipinski definition) is 3. The molecule has 2 rings (SSSR count). The highest BCUT2D eigenvalue weighted by Crippen LogP contribution is 2.17. The molecule has 1 saturated heterocycles. The number of carbonyl (C=O) groups excluding carboxylic acids is 2. The van der Waals surface area contributed by atoms with Crippen molar-refractivity contribution in [3.8, 4) is 0 Å². The Labute approximate surface area is 151 Å². The van der Waals surface area contributed by atoms with Gasteiger partial charge >= 0.3 is 0 Å². The molecule has 2 N–H and O–H groups in total. The van der Waals surface area contributed by atoms with Crippen molar-refractivity contribution in [3.63, 3.8) is 0 Å². The summed E-state index contributed by atoms with van der Waals surface area (Å²) in [7, 11) is 0. The summed E-state index contributed by atoms with van der Waals surface area (Å²) in [6.45, 7) is 6.51. The van der Waals surface area contributed by atoms with Crippen molar-refractivity contribution >= 4 is 24.1 Å². The zero-order chi connectivity index (χ0) is 16.8.